The van der Waals surface area contributed by atoms with E-state index < -0.39 is 15.6 Å². The van der Waals surface area contributed by atoms with Crippen molar-refractivity contribution in [2.45, 2.75) is 30.8 Å². The van der Waals surface area contributed by atoms with E-state index >= 15 is 0 Å². The molecule has 0 radical (unpaired) electrons. The average molecular weight is 379 g/mol. The largest absolute Gasteiger partial charge is 0.497 e. The van der Waals surface area contributed by atoms with Crippen LogP contribution in [0.25, 0.3) is 0 Å². The quantitative estimate of drug-likeness (QED) is 0.735. The van der Waals surface area contributed by atoms with Crippen molar-refractivity contribution in [3.05, 3.63) is 53.6 Å². The second kappa shape index (κ2) is 8.07. The summed E-state index contributed by atoms with van der Waals surface area (Å²) in [6, 6.07) is 12.2. The first-order valence-electron chi connectivity index (χ1n) is 8.16. The third kappa shape index (κ3) is 5.20. The van der Waals surface area contributed by atoms with E-state index in [0.717, 1.165) is 16.9 Å². The normalized spacial score (nSPS) is 13.9. The smallest absolute Gasteiger partial charge is 0.244 e. The molecule has 6 nitrogen and oxygen atoms in total. The molecule has 142 valence electrons. The lowest BCUT2D eigenvalue weighted by atomic mass is 9.97. The number of benzene rings is 2. The van der Waals surface area contributed by atoms with Crippen molar-refractivity contribution in [3.63, 3.8) is 0 Å². The lowest BCUT2D eigenvalue weighted by Gasteiger charge is -2.24. The van der Waals surface area contributed by atoms with Crippen LogP contribution in [0.3, 0.4) is 0 Å². The van der Waals surface area contributed by atoms with Gasteiger partial charge in [0.1, 0.15) is 16.4 Å². The molecule has 0 heterocycles. The Bertz CT molecular complexity index is 845. The zero-order valence-corrected chi connectivity index (χ0v) is 16.3. The Balaban J connectivity index is 2.11. The number of nitrogens with one attached hydrogen (secondary N) is 1. The van der Waals surface area contributed by atoms with Crippen molar-refractivity contribution in [2.75, 3.05) is 20.8 Å². The summed E-state index contributed by atoms with van der Waals surface area (Å²) in [6.07, 6.45) is 0.296. The number of aryl methyl sites for hydroxylation is 1. The van der Waals surface area contributed by atoms with Crippen molar-refractivity contribution >= 4 is 10.0 Å². The molecular formula is C19H25NO5S. The molecule has 0 saturated heterocycles. The van der Waals surface area contributed by atoms with Gasteiger partial charge >= 0.3 is 0 Å². The van der Waals surface area contributed by atoms with Gasteiger partial charge in [0.25, 0.3) is 0 Å². The van der Waals surface area contributed by atoms with Gasteiger partial charge in [-0.05, 0) is 49.2 Å². The van der Waals surface area contributed by atoms with E-state index in [9.17, 15) is 13.5 Å². The molecule has 1 unspecified atom stereocenters. The molecule has 2 aromatic carbocycles. The zero-order chi connectivity index (χ0) is 19.4. The molecular weight excluding hydrogens is 354 g/mol. The summed E-state index contributed by atoms with van der Waals surface area (Å²) in [6.45, 7) is 3.27. The molecule has 0 spiro atoms. The van der Waals surface area contributed by atoms with Gasteiger partial charge < -0.3 is 14.6 Å². The third-order valence-electron chi connectivity index (χ3n) is 4.00. The van der Waals surface area contributed by atoms with Crippen LogP contribution in [-0.4, -0.2) is 39.9 Å². The molecule has 0 aliphatic carbocycles. The van der Waals surface area contributed by atoms with E-state index in [4.69, 9.17) is 9.47 Å². The molecule has 0 saturated carbocycles. The Morgan fingerprint density at radius 1 is 1.08 bits per heavy atom. The van der Waals surface area contributed by atoms with Gasteiger partial charge in [0.2, 0.25) is 10.0 Å². The van der Waals surface area contributed by atoms with Crippen LogP contribution < -0.4 is 14.2 Å². The highest BCUT2D eigenvalue weighted by molar-refractivity contribution is 7.89. The summed E-state index contributed by atoms with van der Waals surface area (Å²) in [5.74, 6) is 0.985. The topological polar surface area (TPSA) is 84.9 Å². The number of sulfonamides is 1. The number of methoxy groups -OCH3 is 2. The van der Waals surface area contributed by atoms with Crippen LogP contribution in [0.1, 0.15) is 18.1 Å². The molecule has 2 N–H and O–H groups in total. The molecule has 0 aliphatic heterocycles. The molecule has 0 fully saturated rings. The molecule has 0 aromatic heterocycles. The van der Waals surface area contributed by atoms with Gasteiger partial charge in [-0.25, -0.2) is 13.1 Å². The van der Waals surface area contributed by atoms with Crippen LogP contribution in [0, 0.1) is 6.92 Å². The van der Waals surface area contributed by atoms with Crippen molar-refractivity contribution in [1.29, 1.82) is 0 Å². The van der Waals surface area contributed by atoms with Crippen LogP contribution >= 0.6 is 0 Å². The summed E-state index contributed by atoms with van der Waals surface area (Å²) in [7, 11) is -0.814. The van der Waals surface area contributed by atoms with Crippen LogP contribution in [-0.2, 0) is 16.4 Å². The highest BCUT2D eigenvalue weighted by atomic mass is 32.2. The van der Waals surface area contributed by atoms with E-state index in [2.05, 4.69) is 4.72 Å². The Labute approximate surface area is 154 Å². The minimum atomic E-state index is -3.82. The predicted octanol–water partition coefficient (Wildman–Crippen LogP) is 2.28. The summed E-state index contributed by atoms with van der Waals surface area (Å²) in [4.78, 5) is 0.0558. The Hall–Kier alpha value is -2.09. The fourth-order valence-electron chi connectivity index (χ4n) is 2.57. The lowest BCUT2D eigenvalue weighted by Crippen LogP contribution is -2.42. The van der Waals surface area contributed by atoms with Gasteiger partial charge in [-0.15, -0.1) is 0 Å². The molecule has 0 aliphatic rings. The first-order chi connectivity index (χ1) is 12.2. The van der Waals surface area contributed by atoms with Gasteiger partial charge in [0.15, 0.2) is 0 Å². The van der Waals surface area contributed by atoms with E-state index in [1.54, 1.807) is 51.3 Å². The first kappa shape index (κ1) is 20.2. The van der Waals surface area contributed by atoms with Gasteiger partial charge in [-0.2, -0.15) is 0 Å². The Kier molecular flexibility index (Phi) is 6.28. The van der Waals surface area contributed by atoms with Gasteiger partial charge in [-0.1, -0.05) is 18.2 Å². The summed E-state index contributed by atoms with van der Waals surface area (Å²) in [5.41, 5.74) is 0.429. The van der Waals surface area contributed by atoms with Gasteiger partial charge in [0, 0.05) is 13.0 Å². The summed E-state index contributed by atoms with van der Waals surface area (Å²) < 4.78 is 38.0. The Morgan fingerprint density at radius 2 is 1.73 bits per heavy atom. The number of aliphatic hydroxyl groups is 1. The maximum atomic E-state index is 12.6. The zero-order valence-electron chi connectivity index (χ0n) is 15.4. The monoisotopic (exact) mass is 379 g/mol. The molecule has 2 aromatic rings. The van der Waals surface area contributed by atoms with Crippen LogP contribution in [0.2, 0.25) is 0 Å². The molecule has 0 bridgehead atoms. The molecule has 26 heavy (non-hydrogen) atoms. The van der Waals surface area contributed by atoms with E-state index in [-0.39, 0.29) is 17.2 Å². The average Bonchev–Trinajstić information content (AvgIpc) is 2.60. The summed E-state index contributed by atoms with van der Waals surface area (Å²) in [5, 5.41) is 10.6. The van der Waals surface area contributed by atoms with Crippen LogP contribution in [0.4, 0.5) is 0 Å². The molecule has 7 heteroatoms. The highest BCUT2D eigenvalue weighted by Crippen LogP contribution is 2.25. The van der Waals surface area contributed by atoms with E-state index in [1.165, 1.54) is 7.11 Å². The van der Waals surface area contributed by atoms with Gasteiger partial charge in [-0.3, -0.25) is 0 Å². The Morgan fingerprint density at radius 3 is 2.31 bits per heavy atom. The predicted molar refractivity (Wildman–Crippen MR) is 100 cm³/mol. The highest BCUT2D eigenvalue weighted by Gasteiger charge is 2.26. The summed E-state index contributed by atoms with van der Waals surface area (Å²) >= 11 is 0. The van der Waals surface area contributed by atoms with Crippen LogP contribution in [0.5, 0.6) is 11.5 Å². The third-order valence-corrected chi connectivity index (χ3v) is 5.42. The minimum absolute atomic E-state index is 0.0558. The number of hydrogen-bond donors (Lipinski definition) is 2. The van der Waals surface area contributed by atoms with Gasteiger partial charge in [0.05, 0.1) is 19.8 Å². The number of hydrogen-bond acceptors (Lipinski definition) is 5. The maximum Gasteiger partial charge on any atom is 0.244 e. The second-order valence-corrected chi connectivity index (χ2v) is 8.24. The SMILES string of the molecule is COc1ccc(CC(C)(O)CNS(=O)(=O)c2cc(C)ccc2OC)cc1. The number of ether oxygens (including phenoxy) is 2. The van der Waals surface area contributed by atoms with E-state index in [1.807, 2.05) is 12.1 Å². The van der Waals surface area contributed by atoms with Crippen molar-refractivity contribution in [3.8, 4) is 11.5 Å². The molecule has 2 rings (SSSR count). The molecule has 0 amide bonds. The number of rotatable bonds is 8. The minimum Gasteiger partial charge on any atom is -0.497 e. The van der Waals surface area contributed by atoms with Crippen molar-refractivity contribution in [1.82, 2.24) is 4.72 Å². The molecule has 1 atom stereocenters. The van der Waals surface area contributed by atoms with Crippen molar-refractivity contribution < 1.29 is 23.0 Å². The second-order valence-electron chi connectivity index (χ2n) is 6.50. The van der Waals surface area contributed by atoms with E-state index in [0.29, 0.717) is 6.42 Å². The first-order valence-corrected chi connectivity index (χ1v) is 9.65. The fourth-order valence-corrected chi connectivity index (χ4v) is 3.98. The van der Waals surface area contributed by atoms with Crippen molar-refractivity contribution in [2.24, 2.45) is 0 Å². The van der Waals surface area contributed by atoms with Crippen LogP contribution in [0.15, 0.2) is 47.4 Å². The fraction of sp³-hybridized carbons (Fsp3) is 0.368. The lowest BCUT2D eigenvalue weighted by molar-refractivity contribution is 0.0657. The maximum absolute atomic E-state index is 12.6. The standard InChI is InChI=1S/C19H25NO5S/c1-14-5-10-17(25-4)18(11-14)26(22,23)20-13-19(2,21)12-15-6-8-16(24-3)9-7-15/h5-11,20-21H,12-13H2,1-4H3.